The van der Waals surface area contributed by atoms with Crippen molar-refractivity contribution < 1.29 is 0 Å². The predicted octanol–water partition coefficient (Wildman–Crippen LogP) is 6.66. The van der Waals surface area contributed by atoms with E-state index >= 15 is 0 Å². The molecule has 2 unspecified atom stereocenters. The van der Waals surface area contributed by atoms with Crippen molar-refractivity contribution in [1.82, 2.24) is 9.80 Å². The monoisotopic (exact) mass is 469 g/mol. The largest absolute Gasteiger partial charge is 0.330 e. The van der Waals surface area contributed by atoms with Crippen molar-refractivity contribution in [2.75, 3.05) is 19.6 Å². The second-order valence-corrected chi connectivity index (χ2v) is 12.0. The third kappa shape index (κ3) is 12.4. The molecule has 0 saturated heterocycles. The van der Waals surface area contributed by atoms with Crippen LogP contribution < -0.4 is 11.5 Å². The lowest BCUT2D eigenvalue weighted by atomic mass is 9.69. The highest BCUT2D eigenvalue weighted by Crippen LogP contribution is 2.35. The molecule has 4 nitrogen and oxygen atoms in total. The van der Waals surface area contributed by atoms with Gasteiger partial charge < -0.3 is 11.5 Å². The van der Waals surface area contributed by atoms with Crippen LogP contribution in [0.25, 0.3) is 0 Å². The molecule has 0 aromatic heterocycles. The van der Waals surface area contributed by atoms with Crippen LogP contribution in [-0.4, -0.2) is 59.1 Å². The normalized spacial score (nSPS) is 16.5. The Hall–Kier alpha value is -0.160. The van der Waals surface area contributed by atoms with Crippen molar-refractivity contribution in [2.24, 2.45) is 23.3 Å². The fourth-order valence-electron chi connectivity index (χ4n) is 5.81. The Bertz CT molecular complexity index is 411. The molecule has 0 radical (unpaired) electrons. The van der Waals surface area contributed by atoms with E-state index in [4.69, 9.17) is 11.5 Å². The molecule has 0 aromatic rings. The van der Waals surface area contributed by atoms with Gasteiger partial charge in [-0.25, -0.2) is 0 Å². The van der Waals surface area contributed by atoms with Crippen molar-refractivity contribution in [2.45, 2.75) is 157 Å². The number of hydrogen-bond acceptors (Lipinski definition) is 4. The van der Waals surface area contributed by atoms with Gasteiger partial charge in [0.05, 0.1) is 0 Å². The summed E-state index contributed by atoms with van der Waals surface area (Å²) in [6, 6.07) is 2.48. The van der Waals surface area contributed by atoms with E-state index in [1.54, 1.807) is 0 Å². The molecule has 0 spiro atoms. The smallest absolute Gasteiger partial charge is 0.0206 e. The van der Waals surface area contributed by atoms with Crippen molar-refractivity contribution >= 4 is 0 Å². The van der Waals surface area contributed by atoms with Gasteiger partial charge >= 0.3 is 0 Å². The zero-order valence-corrected chi connectivity index (χ0v) is 24.5. The van der Waals surface area contributed by atoms with E-state index in [9.17, 15) is 0 Å². The summed E-state index contributed by atoms with van der Waals surface area (Å²) >= 11 is 0. The first-order valence-corrected chi connectivity index (χ1v) is 14.4. The molecule has 0 aliphatic carbocycles. The van der Waals surface area contributed by atoms with E-state index in [-0.39, 0.29) is 5.54 Å². The fourth-order valence-corrected chi connectivity index (χ4v) is 5.81. The standard InChI is InChI=1S/C29H64N4/c1-23(2)32(24(3)4)21-15-11-17-27(9)29(31,19-13-14-20-30)28(10)18-12-16-22-33(25(5)6)26(7)8/h23-28H,11-22,30-31H2,1-10H3. The zero-order chi connectivity index (χ0) is 25.6. The molecule has 0 saturated carbocycles. The predicted molar refractivity (Wildman–Crippen MR) is 150 cm³/mol. The van der Waals surface area contributed by atoms with E-state index < -0.39 is 0 Å². The second kappa shape index (κ2) is 17.3. The molecular formula is C29H64N4. The van der Waals surface area contributed by atoms with E-state index in [0.717, 1.165) is 25.8 Å². The summed E-state index contributed by atoms with van der Waals surface area (Å²) in [4.78, 5) is 5.23. The lowest BCUT2D eigenvalue weighted by Crippen LogP contribution is -2.51. The molecule has 0 aromatic carbocycles. The van der Waals surface area contributed by atoms with Gasteiger partial charge in [0.2, 0.25) is 0 Å². The number of unbranched alkanes of at least 4 members (excludes halogenated alkanes) is 3. The topological polar surface area (TPSA) is 58.5 Å². The molecule has 33 heavy (non-hydrogen) atoms. The number of nitrogens with two attached hydrogens (primary N) is 2. The summed E-state index contributed by atoms with van der Waals surface area (Å²) in [5.74, 6) is 1.11. The van der Waals surface area contributed by atoms with Gasteiger partial charge in [0, 0.05) is 29.7 Å². The Morgan fingerprint density at radius 2 is 0.909 bits per heavy atom. The van der Waals surface area contributed by atoms with Crippen LogP contribution in [-0.2, 0) is 0 Å². The Morgan fingerprint density at radius 1 is 0.545 bits per heavy atom. The van der Waals surface area contributed by atoms with Gasteiger partial charge in [0.1, 0.15) is 0 Å². The Kier molecular flexibility index (Phi) is 17.2. The van der Waals surface area contributed by atoms with E-state index in [1.807, 2.05) is 0 Å². The van der Waals surface area contributed by atoms with Crippen LogP contribution >= 0.6 is 0 Å². The molecule has 200 valence electrons. The van der Waals surface area contributed by atoms with Gasteiger partial charge in [0.15, 0.2) is 0 Å². The minimum Gasteiger partial charge on any atom is -0.330 e. The summed E-state index contributed by atoms with van der Waals surface area (Å²) in [7, 11) is 0. The SMILES string of the molecule is CC(C)N(CCCCC(C)C(N)(CCCCN)C(C)CCCCN(C(C)C)C(C)C)C(C)C. The second-order valence-electron chi connectivity index (χ2n) is 12.0. The van der Waals surface area contributed by atoms with Crippen LogP contribution in [0.5, 0.6) is 0 Å². The first-order chi connectivity index (χ1) is 15.4. The molecule has 4 heteroatoms. The van der Waals surface area contributed by atoms with Crippen molar-refractivity contribution in [3.05, 3.63) is 0 Å². The molecule has 0 fully saturated rings. The maximum absolute atomic E-state index is 7.24. The highest BCUT2D eigenvalue weighted by molar-refractivity contribution is 4.94. The minimum absolute atomic E-state index is 0.0687. The van der Waals surface area contributed by atoms with Crippen molar-refractivity contribution in [1.29, 1.82) is 0 Å². The van der Waals surface area contributed by atoms with Crippen LogP contribution in [0.15, 0.2) is 0 Å². The van der Waals surface area contributed by atoms with E-state index in [0.29, 0.717) is 36.0 Å². The molecule has 0 rings (SSSR count). The Balaban J connectivity index is 4.82. The minimum atomic E-state index is -0.0687. The van der Waals surface area contributed by atoms with Crippen molar-refractivity contribution in [3.8, 4) is 0 Å². The number of hydrogen-bond donors (Lipinski definition) is 2. The van der Waals surface area contributed by atoms with E-state index in [2.05, 4.69) is 79.0 Å². The van der Waals surface area contributed by atoms with Gasteiger partial charge in [-0.2, -0.15) is 0 Å². The van der Waals surface area contributed by atoms with Gasteiger partial charge in [-0.1, -0.05) is 33.1 Å². The summed E-state index contributed by atoms with van der Waals surface area (Å²) in [6.45, 7) is 26.5. The summed E-state index contributed by atoms with van der Waals surface area (Å²) in [5, 5.41) is 0. The number of nitrogens with zero attached hydrogens (tertiary/aromatic N) is 2. The Labute approximate surface area is 209 Å². The summed E-state index contributed by atoms with van der Waals surface area (Å²) in [5.41, 5.74) is 13.0. The van der Waals surface area contributed by atoms with Gasteiger partial charge in [-0.3, -0.25) is 9.80 Å². The fraction of sp³-hybridized carbons (Fsp3) is 1.00. The molecule has 0 amide bonds. The van der Waals surface area contributed by atoms with Gasteiger partial charge in [0.25, 0.3) is 0 Å². The lowest BCUT2D eigenvalue weighted by Gasteiger charge is -2.42. The quantitative estimate of drug-likeness (QED) is 0.196. The Morgan fingerprint density at radius 3 is 1.21 bits per heavy atom. The van der Waals surface area contributed by atoms with Gasteiger partial charge in [-0.05, 0) is 125 Å². The molecule has 0 aliphatic heterocycles. The van der Waals surface area contributed by atoms with Crippen LogP contribution in [0.4, 0.5) is 0 Å². The van der Waals surface area contributed by atoms with Crippen molar-refractivity contribution in [3.63, 3.8) is 0 Å². The average molecular weight is 469 g/mol. The van der Waals surface area contributed by atoms with Crippen LogP contribution in [0.1, 0.15) is 127 Å². The highest BCUT2D eigenvalue weighted by atomic mass is 15.2. The molecule has 4 N–H and O–H groups in total. The first-order valence-electron chi connectivity index (χ1n) is 14.4. The average Bonchev–Trinajstić information content (AvgIpc) is 2.71. The van der Waals surface area contributed by atoms with Crippen LogP contribution in [0.3, 0.4) is 0 Å². The molecule has 0 heterocycles. The van der Waals surface area contributed by atoms with Gasteiger partial charge in [-0.15, -0.1) is 0 Å². The molecule has 0 bridgehead atoms. The third-order valence-corrected chi connectivity index (χ3v) is 8.16. The molecule has 2 atom stereocenters. The number of rotatable bonds is 20. The van der Waals surface area contributed by atoms with E-state index in [1.165, 1.54) is 51.6 Å². The van der Waals surface area contributed by atoms with Crippen LogP contribution in [0, 0.1) is 11.8 Å². The maximum atomic E-state index is 7.24. The zero-order valence-electron chi connectivity index (χ0n) is 24.5. The molecule has 0 aliphatic rings. The summed E-state index contributed by atoms with van der Waals surface area (Å²) in [6.07, 6.45) is 10.9. The van der Waals surface area contributed by atoms with Crippen LogP contribution in [0.2, 0.25) is 0 Å². The molecular weight excluding hydrogens is 404 g/mol. The first kappa shape index (κ1) is 32.8. The lowest BCUT2D eigenvalue weighted by molar-refractivity contribution is 0.142. The third-order valence-electron chi connectivity index (χ3n) is 8.16. The summed E-state index contributed by atoms with van der Waals surface area (Å²) < 4.78 is 0. The highest BCUT2D eigenvalue weighted by Gasteiger charge is 2.36. The maximum Gasteiger partial charge on any atom is 0.0206 e.